The van der Waals surface area contributed by atoms with E-state index >= 15 is 0 Å². The first-order valence-electron chi connectivity index (χ1n) is 3.92. The van der Waals surface area contributed by atoms with Crippen LogP contribution in [-0.2, 0) is 4.79 Å². The van der Waals surface area contributed by atoms with E-state index in [0.29, 0.717) is 5.56 Å². The van der Waals surface area contributed by atoms with Crippen LogP contribution in [0.2, 0.25) is 0 Å². The SMILES string of the molecule is CC(=O)c1ccncc1.CC(C)=O. The zero-order chi connectivity index (χ0) is 10.3. The Hall–Kier alpha value is -1.51. The molecule has 0 aliphatic heterocycles. The van der Waals surface area contributed by atoms with Crippen molar-refractivity contribution in [2.24, 2.45) is 0 Å². The van der Waals surface area contributed by atoms with Crippen molar-refractivity contribution in [1.29, 1.82) is 0 Å². The number of rotatable bonds is 1. The molecule has 3 nitrogen and oxygen atoms in total. The van der Waals surface area contributed by atoms with Gasteiger partial charge in [0.1, 0.15) is 5.78 Å². The normalized spacial score (nSPS) is 8.23. The van der Waals surface area contributed by atoms with Gasteiger partial charge in [0.05, 0.1) is 0 Å². The summed E-state index contributed by atoms with van der Waals surface area (Å²) < 4.78 is 0. The van der Waals surface area contributed by atoms with E-state index < -0.39 is 0 Å². The van der Waals surface area contributed by atoms with Gasteiger partial charge in [-0.05, 0) is 32.9 Å². The lowest BCUT2D eigenvalue weighted by Crippen LogP contribution is -1.89. The van der Waals surface area contributed by atoms with Gasteiger partial charge in [-0.2, -0.15) is 0 Å². The standard InChI is InChI=1S/C7H7NO.C3H6O/c1-6(9)7-2-4-8-5-3-7;1-3(2)4/h2-5H,1H3;1-2H3. The molecule has 13 heavy (non-hydrogen) atoms. The van der Waals surface area contributed by atoms with Crippen LogP contribution >= 0.6 is 0 Å². The summed E-state index contributed by atoms with van der Waals surface area (Å²) in [6, 6.07) is 3.39. The van der Waals surface area contributed by atoms with E-state index in [2.05, 4.69) is 4.98 Å². The lowest BCUT2D eigenvalue weighted by atomic mass is 10.2. The predicted octanol–water partition coefficient (Wildman–Crippen LogP) is 1.88. The van der Waals surface area contributed by atoms with E-state index in [-0.39, 0.29) is 11.6 Å². The molecule has 0 aliphatic rings. The molecule has 0 saturated carbocycles. The van der Waals surface area contributed by atoms with Gasteiger partial charge in [-0.25, -0.2) is 0 Å². The Morgan fingerprint density at radius 2 is 1.46 bits per heavy atom. The topological polar surface area (TPSA) is 47.0 Å². The molecule has 0 saturated heterocycles. The third kappa shape index (κ3) is 6.87. The largest absolute Gasteiger partial charge is 0.300 e. The highest BCUT2D eigenvalue weighted by Gasteiger charge is 1.93. The number of hydrogen-bond acceptors (Lipinski definition) is 3. The summed E-state index contributed by atoms with van der Waals surface area (Å²) in [7, 11) is 0. The minimum absolute atomic E-state index is 0.0809. The van der Waals surface area contributed by atoms with Crippen molar-refractivity contribution in [2.75, 3.05) is 0 Å². The molecular formula is C10H13NO2. The van der Waals surface area contributed by atoms with Crippen molar-refractivity contribution in [1.82, 2.24) is 4.98 Å². The van der Waals surface area contributed by atoms with E-state index in [0.717, 1.165) is 0 Å². The van der Waals surface area contributed by atoms with Crippen LogP contribution in [0, 0.1) is 0 Å². The average Bonchev–Trinajstić information content (AvgIpc) is 2.05. The predicted molar refractivity (Wildman–Crippen MR) is 50.6 cm³/mol. The molecule has 1 rings (SSSR count). The number of carbonyl (C=O) groups is 2. The molecule has 0 radical (unpaired) electrons. The zero-order valence-electron chi connectivity index (χ0n) is 8.07. The highest BCUT2D eigenvalue weighted by molar-refractivity contribution is 5.93. The fraction of sp³-hybridized carbons (Fsp3) is 0.300. The first-order valence-corrected chi connectivity index (χ1v) is 3.92. The molecule has 0 fully saturated rings. The second kappa shape index (κ2) is 6.06. The van der Waals surface area contributed by atoms with Crippen molar-refractivity contribution < 1.29 is 9.59 Å². The Kier molecular flexibility index (Phi) is 5.35. The number of aromatic nitrogens is 1. The molecule has 0 bridgehead atoms. The van der Waals surface area contributed by atoms with Crippen LogP contribution in [0.5, 0.6) is 0 Å². The molecule has 70 valence electrons. The van der Waals surface area contributed by atoms with Crippen molar-refractivity contribution >= 4 is 11.6 Å². The second-order valence-electron chi connectivity index (χ2n) is 2.70. The molecule has 1 aromatic heterocycles. The molecule has 1 heterocycles. The molecular weight excluding hydrogens is 166 g/mol. The summed E-state index contributed by atoms with van der Waals surface area (Å²) in [5.41, 5.74) is 0.713. The third-order valence-corrected chi connectivity index (χ3v) is 1.09. The average molecular weight is 179 g/mol. The molecule has 0 spiro atoms. The van der Waals surface area contributed by atoms with Crippen molar-refractivity contribution in [2.45, 2.75) is 20.8 Å². The molecule has 0 aromatic carbocycles. The quantitative estimate of drug-likeness (QED) is 0.618. The Morgan fingerprint density at radius 1 is 1.08 bits per heavy atom. The number of ketones is 2. The number of hydrogen-bond donors (Lipinski definition) is 0. The Morgan fingerprint density at radius 3 is 1.69 bits per heavy atom. The minimum atomic E-state index is 0.0809. The molecule has 1 aromatic rings. The highest BCUT2D eigenvalue weighted by atomic mass is 16.1. The third-order valence-electron chi connectivity index (χ3n) is 1.09. The van der Waals surface area contributed by atoms with E-state index in [4.69, 9.17) is 0 Å². The van der Waals surface area contributed by atoms with Gasteiger partial charge in [0, 0.05) is 18.0 Å². The summed E-state index contributed by atoms with van der Waals surface area (Å²) >= 11 is 0. The highest BCUT2D eigenvalue weighted by Crippen LogP contribution is 1.95. The molecule has 0 unspecified atom stereocenters. The second-order valence-corrected chi connectivity index (χ2v) is 2.70. The number of nitrogens with zero attached hydrogens (tertiary/aromatic N) is 1. The van der Waals surface area contributed by atoms with Crippen LogP contribution in [-0.4, -0.2) is 16.6 Å². The monoisotopic (exact) mass is 179 g/mol. The fourth-order valence-electron chi connectivity index (χ4n) is 0.587. The van der Waals surface area contributed by atoms with Gasteiger partial charge in [0.15, 0.2) is 5.78 Å². The van der Waals surface area contributed by atoms with Gasteiger partial charge in [-0.3, -0.25) is 9.78 Å². The van der Waals surface area contributed by atoms with Crippen molar-refractivity contribution in [3.05, 3.63) is 30.1 Å². The van der Waals surface area contributed by atoms with Crippen molar-refractivity contribution in [3.63, 3.8) is 0 Å². The van der Waals surface area contributed by atoms with Crippen LogP contribution in [0.3, 0.4) is 0 Å². The van der Waals surface area contributed by atoms with E-state index in [1.807, 2.05) is 0 Å². The number of pyridine rings is 1. The summed E-state index contributed by atoms with van der Waals surface area (Å²) in [4.78, 5) is 23.8. The van der Waals surface area contributed by atoms with Gasteiger partial charge in [0.2, 0.25) is 0 Å². The first-order chi connectivity index (χ1) is 6.04. The lowest BCUT2D eigenvalue weighted by Gasteiger charge is -1.88. The van der Waals surface area contributed by atoms with Crippen LogP contribution in [0.25, 0.3) is 0 Å². The smallest absolute Gasteiger partial charge is 0.159 e. The van der Waals surface area contributed by atoms with Crippen LogP contribution in [0.1, 0.15) is 31.1 Å². The maximum absolute atomic E-state index is 10.6. The summed E-state index contributed by atoms with van der Waals surface area (Å²) in [5, 5.41) is 0. The van der Waals surface area contributed by atoms with E-state index in [1.165, 1.54) is 20.8 Å². The number of Topliss-reactive ketones (excluding diaryl/α,β-unsaturated/α-hetero) is 2. The maximum atomic E-state index is 10.6. The van der Waals surface area contributed by atoms with Gasteiger partial charge in [-0.15, -0.1) is 0 Å². The molecule has 0 atom stereocenters. The summed E-state index contributed by atoms with van der Waals surface area (Å²) in [5.74, 6) is 0.248. The van der Waals surface area contributed by atoms with Gasteiger partial charge in [-0.1, -0.05) is 0 Å². The first kappa shape index (κ1) is 11.5. The summed E-state index contributed by atoms with van der Waals surface area (Å²) in [6.45, 7) is 4.59. The van der Waals surface area contributed by atoms with Crippen LogP contribution in [0.15, 0.2) is 24.5 Å². The number of carbonyl (C=O) groups excluding carboxylic acids is 2. The van der Waals surface area contributed by atoms with E-state index in [9.17, 15) is 9.59 Å². The zero-order valence-corrected chi connectivity index (χ0v) is 8.07. The molecule has 3 heteroatoms. The molecule has 0 aliphatic carbocycles. The Bertz CT molecular complexity index is 276. The lowest BCUT2D eigenvalue weighted by molar-refractivity contribution is -0.114. The maximum Gasteiger partial charge on any atom is 0.159 e. The van der Waals surface area contributed by atoms with Crippen LogP contribution in [0.4, 0.5) is 0 Å². The van der Waals surface area contributed by atoms with Crippen molar-refractivity contribution in [3.8, 4) is 0 Å². The van der Waals surface area contributed by atoms with E-state index in [1.54, 1.807) is 24.5 Å². The Labute approximate surface area is 77.8 Å². The van der Waals surface area contributed by atoms with Gasteiger partial charge in [0.25, 0.3) is 0 Å². The Balaban J connectivity index is 0.000000310. The minimum Gasteiger partial charge on any atom is -0.300 e. The molecule has 0 N–H and O–H groups in total. The molecule has 0 amide bonds. The van der Waals surface area contributed by atoms with Gasteiger partial charge < -0.3 is 4.79 Å². The van der Waals surface area contributed by atoms with Gasteiger partial charge >= 0.3 is 0 Å². The fourth-order valence-corrected chi connectivity index (χ4v) is 0.587. The summed E-state index contributed by atoms with van der Waals surface area (Å²) in [6.07, 6.45) is 3.22. The van der Waals surface area contributed by atoms with Crippen LogP contribution < -0.4 is 0 Å².